The van der Waals surface area contributed by atoms with Gasteiger partial charge < -0.3 is 9.64 Å². The van der Waals surface area contributed by atoms with Crippen molar-refractivity contribution in [3.05, 3.63) is 35.9 Å². The molecule has 0 fully saturated rings. The summed E-state index contributed by atoms with van der Waals surface area (Å²) in [6.45, 7) is 0.896. The van der Waals surface area contributed by atoms with Gasteiger partial charge in [0.1, 0.15) is 5.75 Å². The molecule has 3 nitrogen and oxygen atoms in total. The minimum atomic E-state index is -4.69. The van der Waals surface area contributed by atoms with Crippen LogP contribution in [0.4, 0.5) is 18.0 Å². The van der Waals surface area contributed by atoms with Crippen LogP contribution < -0.4 is 4.74 Å². The van der Waals surface area contributed by atoms with Crippen molar-refractivity contribution in [3.63, 3.8) is 0 Å². The van der Waals surface area contributed by atoms with Gasteiger partial charge in [-0.05, 0) is 41.3 Å². The number of amides is 1. The number of halogens is 4. The number of carbonyl (C=O) groups excluding carboxylic acids is 1. The van der Waals surface area contributed by atoms with Crippen molar-refractivity contribution >= 4 is 22.5 Å². The fourth-order valence-corrected chi connectivity index (χ4v) is 2.12. The topological polar surface area (TPSA) is 29.5 Å². The molecular formula is C13H11ClF3NO2. The lowest BCUT2D eigenvalue weighted by molar-refractivity contribution is -0.274. The fraction of sp³-hybridized carbons (Fsp3) is 0.308. The van der Waals surface area contributed by atoms with Crippen molar-refractivity contribution in [1.29, 1.82) is 0 Å². The van der Waals surface area contributed by atoms with Gasteiger partial charge in [0, 0.05) is 13.1 Å². The quantitative estimate of drug-likeness (QED) is 0.610. The molecule has 1 heterocycles. The van der Waals surface area contributed by atoms with Gasteiger partial charge in [0.2, 0.25) is 0 Å². The van der Waals surface area contributed by atoms with E-state index in [1.165, 1.54) is 17.0 Å². The first-order chi connectivity index (χ1) is 9.35. The zero-order chi connectivity index (χ0) is 14.8. The first-order valence-electron chi connectivity index (χ1n) is 5.85. The highest BCUT2D eigenvalue weighted by Gasteiger charge is 2.31. The third-order valence-electron chi connectivity index (χ3n) is 2.92. The Kier molecular flexibility index (Phi) is 4.23. The Morgan fingerprint density at radius 3 is 2.35 bits per heavy atom. The summed E-state index contributed by atoms with van der Waals surface area (Å²) in [5.41, 5.74) is 1.78. The smallest absolute Gasteiger partial charge is 0.406 e. The Bertz CT molecular complexity index is 525. The highest BCUT2D eigenvalue weighted by molar-refractivity contribution is 6.62. The summed E-state index contributed by atoms with van der Waals surface area (Å²) in [4.78, 5) is 12.4. The van der Waals surface area contributed by atoms with Gasteiger partial charge in [-0.25, -0.2) is 0 Å². The van der Waals surface area contributed by atoms with Crippen molar-refractivity contribution in [1.82, 2.24) is 4.90 Å². The van der Waals surface area contributed by atoms with Gasteiger partial charge in [-0.3, -0.25) is 4.79 Å². The predicted octanol–water partition coefficient (Wildman–Crippen LogP) is 4.03. The maximum atomic E-state index is 12.0. The number of benzene rings is 1. The molecular weight excluding hydrogens is 295 g/mol. The zero-order valence-corrected chi connectivity index (χ0v) is 11.0. The van der Waals surface area contributed by atoms with E-state index in [9.17, 15) is 18.0 Å². The molecule has 0 N–H and O–H groups in total. The zero-order valence-electron chi connectivity index (χ0n) is 10.3. The monoisotopic (exact) mass is 305 g/mol. The molecule has 20 heavy (non-hydrogen) atoms. The molecule has 108 valence electrons. The number of hydrogen-bond donors (Lipinski definition) is 0. The number of hydrogen-bond acceptors (Lipinski definition) is 2. The van der Waals surface area contributed by atoms with E-state index in [1.54, 1.807) is 12.1 Å². The van der Waals surface area contributed by atoms with Gasteiger partial charge in [0.25, 0.3) is 0 Å². The Labute approximate surface area is 118 Å². The lowest BCUT2D eigenvalue weighted by Gasteiger charge is -2.24. The van der Waals surface area contributed by atoms with Crippen LogP contribution in [-0.2, 0) is 0 Å². The van der Waals surface area contributed by atoms with Gasteiger partial charge in [0.05, 0.1) is 0 Å². The van der Waals surface area contributed by atoms with Gasteiger partial charge in [0.15, 0.2) is 0 Å². The van der Waals surface area contributed by atoms with Crippen LogP contribution in [0, 0.1) is 0 Å². The summed E-state index contributed by atoms with van der Waals surface area (Å²) in [5, 5.41) is -0.505. The number of alkyl halides is 3. The standard InChI is InChI=1S/C13H11ClF3NO2/c14-12(19)18-7-5-10(6-8-18)9-1-3-11(4-2-9)20-13(15,16)17/h1-5H,6-8H2. The Morgan fingerprint density at radius 2 is 1.90 bits per heavy atom. The van der Waals surface area contributed by atoms with Crippen LogP contribution >= 0.6 is 11.6 Å². The third kappa shape index (κ3) is 3.90. The average molecular weight is 306 g/mol. The van der Waals surface area contributed by atoms with E-state index in [0.29, 0.717) is 19.5 Å². The Morgan fingerprint density at radius 1 is 1.25 bits per heavy atom. The highest BCUT2D eigenvalue weighted by atomic mass is 35.5. The van der Waals surface area contributed by atoms with Crippen LogP contribution in [0.3, 0.4) is 0 Å². The minimum absolute atomic E-state index is 0.254. The summed E-state index contributed by atoms with van der Waals surface area (Å²) in [6, 6.07) is 5.65. The lowest BCUT2D eigenvalue weighted by atomic mass is 10.00. The average Bonchev–Trinajstić information content (AvgIpc) is 2.38. The molecule has 0 aromatic heterocycles. The summed E-state index contributed by atoms with van der Waals surface area (Å²) < 4.78 is 39.9. The summed E-state index contributed by atoms with van der Waals surface area (Å²) >= 11 is 5.37. The SMILES string of the molecule is O=C(Cl)N1CC=C(c2ccc(OC(F)(F)F)cc2)CC1. The van der Waals surface area contributed by atoms with Gasteiger partial charge in [-0.15, -0.1) is 13.2 Å². The van der Waals surface area contributed by atoms with E-state index in [4.69, 9.17) is 11.6 Å². The number of nitrogens with zero attached hydrogens (tertiary/aromatic N) is 1. The maximum Gasteiger partial charge on any atom is 0.573 e. The van der Waals surface area contributed by atoms with Crippen molar-refractivity contribution < 1.29 is 22.7 Å². The van der Waals surface area contributed by atoms with Crippen LogP contribution in [0.15, 0.2) is 30.3 Å². The first kappa shape index (κ1) is 14.7. The van der Waals surface area contributed by atoms with E-state index in [-0.39, 0.29) is 5.75 Å². The molecule has 0 unspecified atom stereocenters. The van der Waals surface area contributed by atoms with Crippen LogP contribution in [0.2, 0.25) is 0 Å². The molecule has 0 aliphatic carbocycles. The molecule has 0 saturated carbocycles. The van der Waals surface area contributed by atoms with Crippen molar-refractivity contribution in [3.8, 4) is 5.75 Å². The van der Waals surface area contributed by atoms with Crippen LogP contribution in [-0.4, -0.2) is 29.7 Å². The third-order valence-corrected chi connectivity index (χ3v) is 3.16. The maximum absolute atomic E-state index is 12.0. The lowest BCUT2D eigenvalue weighted by Crippen LogP contribution is -2.30. The molecule has 2 rings (SSSR count). The molecule has 0 bridgehead atoms. The van der Waals surface area contributed by atoms with Gasteiger partial charge in [-0.2, -0.15) is 0 Å². The molecule has 0 radical (unpaired) electrons. The second-order valence-corrected chi connectivity index (χ2v) is 4.57. The molecule has 0 spiro atoms. The Hall–Kier alpha value is -1.69. The number of rotatable bonds is 2. The highest BCUT2D eigenvalue weighted by Crippen LogP contribution is 2.27. The van der Waals surface area contributed by atoms with E-state index in [2.05, 4.69) is 4.74 Å². The van der Waals surface area contributed by atoms with Crippen molar-refractivity contribution in [2.24, 2.45) is 0 Å². The van der Waals surface area contributed by atoms with E-state index < -0.39 is 11.7 Å². The molecule has 1 aromatic carbocycles. The number of carbonyl (C=O) groups is 1. The van der Waals surface area contributed by atoms with Gasteiger partial charge >= 0.3 is 11.7 Å². The minimum Gasteiger partial charge on any atom is -0.406 e. The van der Waals surface area contributed by atoms with Crippen molar-refractivity contribution in [2.45, 2.75) is 12.8 Å². The van der Waals surface area contributed by atoms with Crippen LogP contribution in [0.25, 0.3) is 5.57 Å². The summed E-state index contributed by atoms with van der Waals surface area (Å²) in [5.74, 6) is -0.254. The van der Waals surface area contributed by atoms with Crippen LogP contribution in [0.5, 0.6) is 5.75 Å². The van der Waals surface area contributed by atoms with E-state index in [0.717, 1.165) is 11.1 Å². The molecule has 7 heteroatoms. The Balaban J connectivity index is 2.06. The van der Waals surface area contributed by atoms with Crippen molar-refractivity contribution in [2.75, 3.05) is 13.1 Å². The molecule has 0 atom stereocenters. The normalized spacial score (nSPS) is 15.8. The fourth-order valence-electron chi connectivity index (χ4n) is 1.96. The van der Waals surface area contributed by atoms with Gasteiger partial charge in [-0.1, -0.05) is 18.2 Å². The number of ether oxygens (including phenoxy) is 1. The second kappa shape index (κ2) is 5.75. The molecule has 1 aliphatic rings. The largest absolute Gasteiger partial charge is 0.573 e. The first-order valence-corrected chi connectivity index (χ1v) is 6.22. The second-order valence-electron chi connectivity index (χ2n) is 4.25. The van der Waals surface area contributed by atoms with E-state index >= 15 is 0 Å². The summed E-state index contributed by atoms with van der Waals surface area (Å²) in [6.07, 6.45) is -2.24. The van der Waals surface area contributed by atoms with E-state index in [1.807, 2.05) is 6.08 Å². The molecule has 1 aromatic rings. The molecule has 1 aliphatic heterocycles. The molecule has 0 saturated heterocycles. The summed E-state index contributed by atoms with van der Waals surface area (Å²) in [7, 11) is 0. The molecule has 1 amide bonds. The predicted molar refractivity (Wildman–Crippen MR) is 68.5 cm³/mol. The van der Waals surface area contributed by atoms with Crippen LogP contribution in [0.1, 0.15) is 12.0 Å².